The van der Waals surface area contributed by atoms with E-state index in [9.17, 15) is 18.0 Å². The quantitative estimate of drug-likeness (QED) is 0.691. The molecular formula is C22H25ClF3N3O. The predicted octanol–water partition coefficient (Wildman–Crippen LogP) is 5.42. The number of anilines is 1. The van der Waals surface area contributed by atoms with E-state index in [0.29, 0.717) is 5.69 Å². The number of carbonyl (C=O) groups excluding carboxylic acids is 1. The number of rotatable bonds is 4. The maximum Gasteiger partial charge on any atom is 0.414 e. The maximum atomic E-state index is 13.8. The van der Waals surface area contributed by atoms with Gasteiger partial charge in [0.05, 0.1) is 17.6 Å². The van der Waals surface area contributed by atoms with Gasteiger partial charge in [-0.15, -0.1) is 0 Å². The number of carbonyl (C=O) groups is 1. The predicted molar refractivity (Wildman–Crippen MR) is 112 cm³/mol. The highest BCUT2D eigenvalue weighted by molar-refractivity contribution is 6.31. The van der Waals surface area contributed by atoms with E-state index < -0.39 is 23.5 Å². The molecule has 0 saturated carbocycles. The van der Waals surface area contributed by atoms with E-state index in [4.69, 9.17) is 11.6 Å². The summed E-state index contributed by atoms with van der Waals surface area (Å²) in [4.78, 5) is 17.2. The lowest BCUT2D eigenvalue weighted by atomic mass is 9.93. The van der Waals surface area contributed by atoms with Crippen LogP contribution >= 0.6 is 11.6 Å². The van der Waals surface area contributed by atoms with Gasteiger partial charge in [-0.3, -0.25) is 9.78 Å². The van der Waals surface area contributed by atoms with Crippen LogP contribution in [0.25, 0.3) is 0 Å². The molecule has 1 aliphatic rings. The van der Waals surface area contributed by atoms with E-state index in [1.807, 2.05) is 18.2 Å². The molecule has 1 heterocycles. The normalized spacial score (nSPS) is 17.4. The first kappa shape index (κ1) is 22.4. The second kappa shape index (κ2) is 8.10. The molecule has 0 bridgehead atoms. The van der Waals surface area contributed by atoms with Crippen molar-refractivity contribution in [3.8, 4) is 0 Å². The van der Waals surface area contributed by atoms with E-state index >= 15 is 0 Å². The topological polar surface area (TPSA) is 45.2 Å². The molecule has 30 heavy (non-hydrogen) atoms. The molecule has 1 aromatic carbocycles. The Balaban J connectivity index is 1.76. The van der Waals surface area contributed by atoms with Gasteiger partial charge in [-0.05, 0) is 42.2 Å². The number of nitrogens with one attached hydrogen (secondary N) is 1. The zero-order chi connectivity index (χ0) is 22.3. The molecule has 0 aliphatic heterocycles. The van der Waals surface area contributed by atoms with Crippen molar-refractivity contribution >= 4 is 23.2 Å². The first-order valence-corrected chi connectivity index (χ1v) is 10.1. The van der Waals surface area contributed by atoms with Crippen LogP contribution in [0.15, 0.2) is 36.5 Å². The van der Waals surface area contributed by atoms with Gasteiger partial charge in [0.2, 0.25) is 5.91 Å². The molecule has 1 N–H and O–H groups in total. The Kier molecular flexibility index (Phi) is 6.05. The van der Waals surface area contributed by atoms with Gasteiger partial charge >= 0.3 is 6.18 Å². The van der Waals surface area contributed by atoms with Gasteiger partial charge in [0.15, 0.2) is 6.04 Å². The number of alkyl halides is 3. The van der Waals surface area contributed by atoms with Crippen LogP contribution in [-0.2, 0) is 17.6 Å². The second-order valence-corrected chi connectivity index (χ2v) is 9.12. The lowest BCUT2D eigenvalue weighted by Crippen LogP contribution is -2.44. The average molecular weight is 440 g/mol. The van der Waals surface area contributed by atoms with Crippen molar-refractivity contribution < 1.29 is 18.0 Å². The fourth-order valence-electron chi connectivity index (χ4n) is 3.83. The second-order valence-electron chi connectivity index (χ2n) is 8.71. The van der Waals surface area contributed by atoms with Gasteiger partial charge in [-0.1, -0.05) is 44.5 Å². The van der Waals surface area contributed by atoms with Crippen molar-refractivity contribution in [1.82, 2.24) is 9.88 Å². The minimum atomic E-state index is -4.64. The minimum absolute atomic E-state index is 0.0936. The molecule has 0 spiro atoms. The van der Waals surface area contributed by atoms with Crippen LogP contribution < -0.4 is 5.32 Å². The van der Waals surface area contributed by atoms with Crippen molar-refractivity contribution in [2.45, 2.75) is 51.9 Å². The number of hydrogen-bond acceptors (Lipinski definition) is 3. The smallest absolute Gasteiger partial charge is 0.380 e. The van der Waals surface area contributed by atoms with Crippen LogP contribution in [0.1, 0.15) is 43.6 Å². The molecule has 162 valence electrons. The highest BCUT2D eigenvalue weighted by Gasteiger charge is 2.47. The molecule has 4 nitrogen and oxygen atoms in total. The molecule has 1 amide bonds. The zero-order valence-electron chi connectivity index (χ0n) is 17.3. The van der Waals surface area contributed by atoms with E-state index in [0.717, 1.165) is 28.3 Å². The van der Waals surface area contributed by atoms with Crippen molar-refractivity contribution in [2.75, 3.05) is 12.4 Å². The van der Waals surface area contributed by atoms with Gasteiger partial charge in [-0.25, -0.2) is 0 Å². The largest absolute Gasteiger partial charge is 0.414 e. The molecule has 8 heteroatoms. The Morgan fingerprint density at radius 1 is 1.20 bits per heavy atom. The number of pyridine rings is 1. The van der Waals surface area contributed by atoms with Gasteiger partial charge < -0.3 is 10.2 Å². The number of fused-ring (bicyclic) bond motifs is 1. The first-order chi connectivity index (χ1) is 13.9. The van der Waals surface area contributed by atoms with Crippen molar-refractivity contribution in [2.24, 2.45) is 5.41 Å². The summed E-state index contributed by atoms with van der Waals surface area (Å²) in [5.74, 6) is -0.602. The third-order valence-corrected chi connectivity index (χ3v) is 5.58. The Morgan fingerprint density at radius 2 is 1.90 bits per heavy atom. The van der Waals surface area contributed by atoms with E-state index in [-0.39, 0.29) is 11.7 Å². The van der Waals surface area contributed by atoms with Crippen LogP contribution in [0.5, 0.6) is 0 Å². The molecule has 1 aromatic heterocycles. The monoisotopic (exact) mass is 439 g/mol. The number of nitrogens with zero attached hydrogens (tertiary/aromatic N) is 2. The highest BCUT2D eigenvalue weighted by atomic mass is 35.5. The first-order valence-electron chi connectivity index (χ1n) is 9.70. The van der Waals surface area contributed by atoms with Crippen LogP contribution in [0.3, 0.4) is 0 Å². The lowest BCUT2D eigenvalue weighted by Gasteiger charge is -2.33. The number of amides is 1. The summed E-state index contributed by atoms with van der Waals surface area (Å²) in [5.41, 5.74) is 1.74. The highest BCUT2D eigenvalue weighted by Crippen LogP contribution is 2.38. The van der Waals surface area contributed by atoms with Crippen molar-refractivity contribution in [1.29, 1.82) is 0 Å². The maximum absolute atomic E-state index is 13.8. The van der Waals surface area contributed by atoms with Crippen molar-refractivity contribution in [3.63, 3.8) is 0 Å². The molecule has 1 aliphatic carbocycles. The number of halogens is 4. The summed E-state index contributed by atoms with van der Waals surface area (Å²) in [5, 5.41) is 4.04. The van der Waals surface area contributed by atoms with Crippen LogP contribution in [0.4, 0.5) is 18.9 Å². The zero-order valence-corrected chi connectivity index (χ0v) is 18.1. The third kappa shape index (κ3) is 4.72. The van der Waals surface area contributed by atoms with Crippen LogP contribution in [0.2, 0.25) is 5.02 Å². The molecule has 0 fully saturated rings. The lowest BCUT2D eigenvalue weighted by molar-refractivity contribution is -0.192. The van der Waals surface area contributed by atoms with Crippen LogP contribution in [0, 0.1) is 5.41 Å². The molecule has 1 unspecified atom stereocenters. The Hall–Kier alpha value is -2.28. The van der Waals surface area contributed by atoms with Crippen molar-refractivity contribution in [3.05, 3.63) is 58.4 Å². The minimum Gasteiger partial charge on any atom is -0.380 e. The Bertz CT molecular complexity index is 923. The van der Waals surface area contributed by atoms with E-state index in [2.05, 4.69) is 10.3 Å². The fourth-order valence-corrected chi connectivity index (χ4v) is 4.10. The summed E-state index contributed by atoms with van der Waals surface area (Å²) in [6.07, 6.45) is -1.73. The Morgan fingerprint density at radius 3 is 2.43 bits per heavy atom. The van der Waals surface area contributed by atoms with Gasteiger partial charge in [0.1, 0.15) is 0 Å². The summed E-state index contributed by atoms with van der Waals surface area (Å²) < 4.78 is 41.3. The summed E-state index contributed by atoms with van der Waals surface area (Å²) in [6.45, 7) is 4.77. The average Bonchev–Trinajstić information content (AvgIpc) is 3.04. The van der Waals surface area contributed by atoms with Gasteiger partial charge in [0, 0.05) is 23.5 Å². The van der Waals surface area contributed by atoms with E-state index in [1.165, 1.54) is 24.9 Å². The summed E-state index contributed by atoms with van der Waals surface area (Å²) in [6, 6.07) is 6.67. The molecule has 2 aromatic rings. The molecular weight excluding hydrogens is 415 g/mol. The third-order valence-electron chi connectivity index (χ3n) is 5.23. The van der Waals surface area contributed by atoms with Gasteiger partial charge in [0.25, 0.3) is 0 Å². The number of aromatic nitrogens is 1. The molecule has 0 saturated heterocycles. The number of benzene rings is 1. The molecule has 0 radical (unpaired) electrons. The van der Waals surface area contributed by atoms with Gasteiger partial charge in [-0.2, -0.15) is 13.2 Å². The summed E-state index contributed by atoms with van der Waals surface area (Å²) in [7, 11) is 1.17. The number of hydrogen-bond donors (Lipinski definition) is 1. The fraction of sp³-hybridized carbons (Fsp3) is 0.455. The van der Waals surface area contributed by atoms with E-state index in [1.54, 1.807) is 26.8 Å². The molecule has 2 atom stereocenters. The standard InChI is InChI=1S/C22H25ClF3N3O/c1-21(2,3)20(30)29(4)19(22(24,25)26)18-9-8-14(12-27-18)28-15-10-13-6-5-7-17(23)16(13)11-15/h5-9,12,15,19,28H,10-11H2,1-4H3/t15?,19-/m0/s1. The summed E-state index contributed by atoms with van der Waals surface area (Å²) >= 11 is 6.24. The Labute approximate surface area is 179 Å². The van der Waals surface area contributed by atoms with Crippen LogP contribution in [-0.4, -0.2) is 35.1 Å². The molecule has 3 rings (SSSR count). The SMILES string of the molecule is CN(C(=O)C(C)(C)C)[C@@H](c1ccc(NC2Cc3cccc(Cl)c3C2)cn1)C(F)(F)F.